The third-order valence-electron chi connectivity index (χ3n) is 2.76. The van der Waals surface area contributed by atoms with E-state index in [0.717, 1.165) is 11.3 Å². The predicted molar refractivity (Wildman–Crippen MR) is 82.0 cm³/mol. The Morgan fingerprint density at radius 2 is 2.25 bits per heavy atom. The highest BCUT2D eigenvalue weighted by atomic mass is 79.9. The molecule has 102 valence electrons. The number of hydrogen-bond donors (Lipinski definition) is 1. The van der Waals surface area contributed by atoms with E-state index in [0.29, 0.717) is 21.2 Å². The van der Waals surface area contributed by atoms with E-state index in [4.69, 9.17) is 16.3 Å². The highest BCUT2D eigenvalue weighted by molar-refractivity contribution is 9.10. The molecule has 2 heterocycles. The Morgan fingerprint density at radius 3 is 3.00 bits per heavy atom. The first-order valence-corrected chi connectivity index (χ1v) is 6.94. The number of methoxy groups -OCH3 is 1. The number of anilines is 2. The van der Waals surface area contributed by atoms with Crippen LogP contribution in [0.1, 0.15) is 0 Å². The number of nitrogens with zero attached hydrogens (tertiary/aromatic N) is 3. The Hall–Kier alpha value is -1.79. The van der Waals surface area contributed by atoms with Gasteiger partial charge < -0.3 is 14.5 Å². The molecule has 1 N–H and O–H groups in total. The molecule has 3 rings (SSSR count). The van der Waals surface area contributed by atoms with E-state index in [1.165, 1.54) is 0 Å². The Morgan fingerprint density at radius 1 is 1.40 bits per heavy atom. The second-order valence-electron chi connectivity index (χ2n) is 4.04. The van der Waals surface area contributed by atoms with Gasteiger partial charge in [0.05, 0.1) is 12.1 Å². The molecule has 0 fully saturated rings. The summed E-state index contributed by atoms with van der Waals surface area (Å²) in [6.07, 6.45) is 5.41. The Balaban J connectivity index is 2.00. The number of imidazole rings is 1. The van der Waals surface area contributed by atoms with Gasteiger partial charge in [0.2, 0.25) is 0 Å². The molecule has 0 unspecified atom stereocenters. The summed E-state index contributed by atoms with van der Waals surface area (Å²) in [5.74, 6) is 1.27. The fraction of sp³-hybridized carbons (Fsp3) is 0.0769. The lowest BCUT2D eigenvalue weighted by Crippen LogP contribution is -1.99. The van der Waals surface area contributed by atoms with Crippen LogP contribution in [0.3, 0.4) is 0 Å². The number of benzene rings is 1. The van der Waals surface area contributed by atoms with Crippen molar-refractivity contribution in [1.82, 2.24) is 14.4 Å². The van der Waals surface area contributed by atoms with E-state index < -0.39 is 0 Å². The van der Waals surface area contributed by atoms with E-state index >= 15 is 0 Å². The van der Waals surface area contributed by atoms with Crippen molar-refractivity contribution in [1.29, 1.82) is 0 Å². The van der Waals surface area contributed by atoms with Gasteiger partial charge in [0, 0.05) is 24.3 Å². The summed E-state index contributed by atoms with van der Waals surface area (Å²) in [7, 11) is 1.58. The molecule has 0 atom stereocenters. The maximum Gasteiger partial charge on any atom is 0.180 e. The minimum Gasteiger partial charge on any atom is -0.495 e. The third-order valence-corrected chi connectivity index (χ3v) is 3.44. The fourth-order valence-electron chi connectivity index (χ4n) is 1.87. The number of ether oxygens (including phenoxy) is 1. The summed E-state index contributed by atoms with van der Waals surface area (Å²) in [6, 6.07) is 5.45. The SMILES string of the molecule is COc1ccc(Nc2nc(Br)cn3ccnc23)cc1Cl. The lowest BCUT2D eigenvalue weighted by atomic mass is 10.3. The van der Waals surface area contributed by atoms with Crippen molar-refractivity contribution in [3.8, 4) is 5.75 Å². The van der Waals surface area contributed by atoms with Crippen molar-refractivity contribution in [3.63, 3.8) is 0 Å². The fourth-order valence-corrected chi connectivity index (χ4v) is 2.52. The van der Waals surface area contributed by atoms with Crippen LogP contribution in [0.4, 0.5) is 11.5 Å². The number of fused-ring (bicyclic) bond motifs is 1. The van der Waals surface area contributed by atoms with Gasteiger partial charge >= 0.3 is 0 Å². The Kier molecular flexibility index (Phi) is 3.50. The van der Waals surface area contributed by atoms with Gasteiger partial charge in [0.25, 0.3) is 0 Å². The zero-order valence-electron chi connectivity index (χ0n) is 10.5. The summed E-state index contributed by atoms with van der Waals surface area (Å²) in [4.78, 5) is 8.66. The summed E-state index contributed by atoms with van der Waals surface area (Å²) in [5.41, 5.74) is 1.55. The average molecular weight is 354 g/mol. The molecule has 0 aliphatic rings. The topological polar surface area (TPSA) is 51.5 Å². The standard InChI is InChI=1S/C13H10BrClN4O/c1-20-10-3-2-8(6-9(10)15)17-12-13-16-4-5-19(13)7-11(14)18-12/h2-7H,1H3,(H,17,18). The molecule has 0 spiro atoms. The van der Waals surface area contributed by atoms with E-state index in [1.54, 1.807) is 25.4 Å². The van der Waals surface area contributed by atoms with Crippen LogP contribution in [-0.2, 0) is 0 Å². The van der Waals surface area contributed by atoms with Crippen molar-refractivity contribution < 1.29 is 4.74 Å². The van der Waals surface area contributed by atoms with Crippen molar-refractivity contribution >= 4 is 44.7 Å². The molecule has 7 heteroatoms. The second kappa shape index (κ2) is 5.30. The van der Waals surface area contributed by atoms with Gasteiger partial charge in [-0.05, 0) is 34.1 Å². The van der Waals surface area contributed by atoms with E-state index in [9.17, 15) is 0 Å². The van der Waals surface area contributed by atoms with Gasteiger partial charge in [-0.15, -0.1) is 0 Å². The lowest BCUT2D eigenvalue weighted by molar-refractivity contribution is 0.415. The first-order chi connectivity index (χ1) is 9.67. The van der Waals surface area contributed by atoms with Crippen molar-refractivity contribution in [2.75, 3.05) is 12.4 Å². The van der Waals surface area contributed by atoms with Crippen LogP contribution in [0, 0.1) is 0 Å². The first-order valence-electron chi connectivity index (χ1n) is 5.77. The van der Waals surface area contributed by atoms with Crippen molar-refractivity contribution in [2.45, 2.75) is 0 Å². The molecule has 0 aliphatic heterocycles. The lowest BCUT2D eigenvalue weighted by Gasteiger charge is -2.09. The maximum atomic E-state index is 6.11. The molecule has 3 aromatic rings. The van der Waals surface area contributed by atoms with Crippen LogP contribution in [0.25, 0.3) is 5.65 Å². The molecule has 0 saturated carbocycles. The molecule has 2 aromatic heterocycles. The molecule has 0 saturated heterocycles. The normalized spacial score (nSPS) is 10.8. The highest BCUT2D eigenvalue weighted by Gasteiger charge is 2.08. The van der Waals surface area contributed by atoms with E-state index in [-0.39, 0.29) is 0 Å². The Labute approximate surface area is 128 Å². The van der Waals surface area contributed by atoms with Gasteiger partial charge in [-0.1, -0.05) is 11.6 Å². The number of nitrogens with one attached hydrogen (secondary N) is 1. The molecule has 20 heavy (non-hydrogen) atoms. The molecule has 0 aliphatic carbocycles. The monoisotopic (exact) mass is 352 g/mol. The minimum atomic E-state index is 0.534. The van der Waals surface area contributed by atoms with Crippen LogP contribution in [0.2, 0.25) is 5.02 Å². The van der Waals surface area contributed by atoms with Gasteiger partial charge in [0.15, 0.2) is 11.5 Å². The molecular weight excluding hydrogens is 344 g/mol. The molecular formula is C13H10BrClN4O. The number of hydrogen-bond acceptors (Lipinski definition) is 4. The van der Waals surface area contributed by atoms with Gasteiger partial charge in [-0.25, -0.2) is 9.97 Å². The molecule has 0 bridgehead atoms. The largest absolute Gasteiger partial charge is 0.495 e. The maximum absolute atomic E-state index is 6.11. The molecule has 5 nitrogen and oxygen atoms in total. The van der Waals surface area contributed by atoms with Crippen LogP contribution >= 0.6 is 27.5 Å². The number of rotatable bonds is 3. The number of aromatic nitrogens is 3. The van der Waals surface area contributed by atoms with E-state index in [1.807, 2.05) is 22.9 Å². The average Bonchev–Trinajstić information content (AvgIpc) is 2.87. The second-order valence-corrected chi connectivity index (χ2v) is 5.26. The zero-order chi connectivity index (χ0) is 14.1. The molecule has 1 aromatic carbocycles. The predicted octanol–water partition coefficient (Wildman–Crippen LogP) is 3.90. The van der Waals surface area contributed by atoms with Gasteiger partial charge in [-0.2, -0.15) is 0 Å². The smallest absolute Gasteiger partial charge is 0.180 e. The van der Waals surface area contributed by atoms with Crippen molar-refractivity contribution in [3.05, 3.63) is 46.4 Å². The van der Waals surface area contributed by atoms with Crippen molar-refractivity contribution in [2.24, 2.45) is 0 Å². The summed E-state index contributed by atoms with van der Waals surface area (Å²) < 4.78 is 7.72. The minimum absolute atomic E-state index is 0.534. The van der Waals surface area contributed by atoms with Crippen LogP contribution < -0.4 is 10.1 Å². The van der Waals surface area contributed by atoms with E-state index in [2.05, 4.69) is 31.2 Å². The first kappa shape index (κ1) is 13.2. The van der Waals surface area contributed by atoms with Crippen LogP contribution in [0.5, 0.6) is 5.75 Å². The molecule has 0 radical (unpaired) electrons. The van der Waals surface area contributed by atoms with Crippen LogP contribution in [-0.4, -0.2) is 21.5 Å². The van der Waals surface area contributed by atoms with Crippen LogP contribution in [0.15, 0.2) is 41.4 Å². The van der Waals surface area contributed by atoms with Gasteiger partial charge in [0.1, 0.15) is 10.4 Å². The quantitative estimate of drug-likeness (QED) is 0.776. The summed E-state index contributed by atoms with van der Waals surface area (Å²) in [5, 5.41) is 3.74. The Bertz CT molecular complexity index is 774. The zero-order valence-corrected chi connectivity index (χ0v) is 12.8. The molecule has 0 amide bonds. The van der Waals surface area contributed by atoms with Gasteiger partial charge in [-0.3, -0.25) is 0 Å². The number of halogens is 2. The third kappa shape index (κ3) is 2.44. The summed E-state index contributed by atoms with van der Waals surface area (Å²) >= 11 is 9.48. The summed E-state index contributed by atoms with van der Waals surface area (Å²) in [6.45, 7) is 0. The highest BCUT2D eigenvalue weighted by Crippen LogP contribution is 2.29.